The van der Waals surface area contributed by atoms with Gasteiger partial charge in [0.25, 0.3) is 5.24 Å². The average Bonchev–Trinajstić information content (AvgIpc) is 3.66. The maximum Gasteiger partial charge on any atom is 0.430 e. The highest BCUT2D eigenvalue weighted by Gasteiger charge is 2.30. The van der Waals surface area contributed by atoms with Gasteiger partial charge in [-0.1, -0.05) is 29.3 Å². The molecule has 1 aliphatic carbocycles. The van der Waals surface area contributed by atoms with E-state index in [0.717, 1.165) is 56.4 Å². The van der Waals surface area contributed by atoms with Gasteiger partial charge in [0, 0.05) is 30.4 Å². The van der Waals surface area contributed by atoms with Gasteiger partial charge in [-0.3, -0.25) is 4.79 Å². The van der Waals surface area contributed by atoms with Crippen LogP contribution in [0.25, 0.3) is 0 Å². The van der Waals surface area contributed by atoms with Crippen molar-refractivity contribution in [2.24, 2.45) is 5.92 Å². The first-order chi connectivity index (χ1) is 17.4. The summed E-state index contributed by atoms with van der Waals surface area (Å²) in [6.07, 6.45) is -1.08. The van der Waals surface area contributed by atoms with Gasteiger partial charge in [0.15, 0.2) is 0 Å². The molecule has 0 amide bonds. The molecule has 5 nitrogen and oxygen atoms in total. The molecule has 1 saturated heterocycles. The molecule has 0 atom stereocenters. The van der Waals surface area contributed by atoms with Gasteiger partial charge in [0.2, 0.25) is 0 Å². The minimum absolute atomic E-state index is 0.0685. The second-order valence-corrected chi connectivity index (χ2v) is 10.2. The number of carboxylic acids is 1. The van der Waals surface area contributed by atoms with Crippen LogP contribution in [0.5, 0.6) is 5.75 Å². The summed E-state index contributed by atoms with van der Waals surface area (Å²) in [6, 6.07) is 8.51. The van der Waals surface area contributed by atoms with E-state index in [0.29, 0.717) is 34.2 Å². The Kier molecular flexibility index (Phi) is 10.1. The highest BCUT2D eigenvalue weighted by atomic mass is 35.5. The lowest BCUT2D eigenvalue weighted by molar-refractivity contribution is -0.919. The number of ether oxygens (including phenoxy) is 1. The largest absolute Gasteiger partial charge is 0.542 e. The van der Waals surface area contributed by atoms with Gasteiger partial charge in [0.1, 0.15) is 24.1 Å². The minimum Gasteiger partial charge on any atom is -0.542 e. The minimum atomic E-state index is -5.19. The molecule has 1 N–H and O–H groups in total. The van der Waals surface area contributed by atoms with Crippen molar-refractivity contribution in [3.05, 3.63) is 62.9 Å². The van der Waals surface area contributed by atoms with Gasteiger partial charge in [-0.25, -0.2) is 4.39 Å². The molecule has 0 radical (unpaired) electrons. The van der Waals surface area contributed by atoms with Gasteiger partial charge in [-0.15, -0.1) is 0 Å². The highest BCUT2D eigenvalue weighted by Crippen LogP contribution is 2.45. The van der Waals surface area contributed by atoms with E-state index in [9.17, 15) is 22.4 Å². The standard InChI is InChI=1S/C23H23Cl3FNO2.C2HF3O2/c24-19-2-1-3-20(25)18(19)12-28-8-6-14(7-9-28)13-30-22-11-21(27)17(23(26)29)10-16(22)15-4-5-15;3-2(4,5)1(6)7/h1-3,10-11,14-15H,4-9,12-13H2;(H,6,7). The summed E-state index contributed by atoms with van der Waals surface area (Å²) in [5, 5.41) is 9.45. The van der Waals surface area contributed by atoms with Crippen molar-refractivity contribution in [2.75, 3.05) is 19.7 Å². The number of hydrogen-bond acceptors (Lipinski definition) is 4. The fourth-order valence-corrected chi connectivity index (χ4v) is 4.82. The molecule has 202 valence electrons. The topological polar surface area (TPSA) is 70.9 Å². The predicted molar refractivity (Wildman–Crippen MR) is 129 cm³/mol. The van der Waals surface area contributed by atoms with Crippen molar-refractivity contribution in [3.8, 4) is 5.75 Å². The lowest BCUT2D eigenvalue weighted by Crippen LogP contribution is -3.11. The summed E-state index contributed by atoms with van der Waals surface area (Å²) in [4.78, 5) is 21.7. The molecule has 4 rings (SSSR count). The lowest BCUT2D eigenvalue weighted by atomic mass is 9.97. The van der Waals surface area contributed by atoms with Crippen LogP contribution in [-0.4, -0.2) is 37.1 Å². The van der Waals surface area contributed by atoms with Crippen LogP contribution in [0.4, 0.5) is 17.6 Å². The highest BCUT2D eigenvalue weighted by molar-refractivity contribution is 6.67. The van der Waals surface area contributed by atoms with E-state index in [1.54, 1.807) is 6.07 Å². The number of hydrogen-bond donors (Lipinski definition) is 1. The first-order valence-corrected chi connectivity index (χ1v) is 12.7. The molecule has 2 aliphatic rings. The first kappa shape index (κ1) is 29.5. The maximum atomic E-state index is 14.2. The Morgan fingerprint density at radius 1 is 1.05 bits per heavy atom. The molecule has 1 saturated carbocycles. The first-order valence-electron chi connectivity index (χ1n) is 11.6. The van der Waals surface area contributed by atoms with Crippen LogP contribution < -0.4 is 14.7 Å². The molecule has 0 spiro atoms. The van der Waals surface area contributed by atoms with Crippen molar-refractivity contribution >= 4 is 46.0 Å². The van der Waals surface area contributed by atoms with Crippen LogP contribution >= 0.6 is 34.8 Å². The van der Waals surface area contributed by atoms with Crippen LogP contribution in [0, 0.1) is 11.7 Å². The number of halogens is 7. The Bertz CT molecular complexity index is 1110. The molecular formula is C25H24Cl3F4NO4. The van der Waals surface area contributed by atoms with E-state index >= 15 is 0 Å². The summed E-state index contributed by atoms with van der Waals surface area (Å²) in [5.41, 5.74) is 1.84. The third-order valence-electron chi connectivity index (χ3n) is 6.34. The summed E-state index contributed by atoms with van der Waals surface area (Å²) in [7, 11) is 0. The molecule has 37 heavy (non-hydrogen) atoms. The summed E-state index contributed by atoms with van der Waals surface area (Å²) >= 11 is 18.1. The Balaban J connectivity index is 0.000000479. The third kappa shape index (κ3) is 8.46. The molecule has 0 aromatic heterocycles. The van der Waals surface area contributed by atoms with Crippen LogP contribution in [0.2, 0.25) is 10.0 Å². The number of carbonyl (C=O) groups excluding carboxylic acids is 2. The van der Waals surface area contributed by atoms with Gasteiger partial charge in [0.05, 0.1) is 35.3 Å². The van der Waals surface area contributed by atoms with Crippen molar-refractivity contribution in [1.82, 2.24) is 0 Å². The number of alkyl halides is 3. The Hall–Kier alpha value is -2.07. The number of piperidine rings is 1. The third-order valence-corrected chi connectivity index (χ3v) is 7.25. The molecule has 2 aromatic carbocycles. The summed E-state index contributed by atoms with van der Waals surface area (Å²) in [5.74, 6) is -2.32. The lowest BCUT2D eigenvalue weighted by Gasteiger charge is -2.30. The number of carbonyl (C=O) groups is 2. The molecule has 0 unspecified atom stereocenters. The second kappa shape index (κ2) is 12.7. The van der Waals surface area contributed by atoms with Crippen LogP contribution in [0.3, 0.4) is 0 Å². The normalized spacial score (nSPS) is 19.5. The molecule has 1 aliphatic heterocycles. The Labute approximate surface area is 226 Å². The smallest absolute Gasteiger partial charge is 0.430 e. The Morgan fingerprint density at radius 3 is 2.11 bits per heavy atom. The molecular weight excluding hydrogens is 561 g/mol. The van der Waals surface area contributed by atoms with Crippen molar-refractivity contribution < 1.29 is 41.9 Å². The number of aliphatic carboxylic acids is 1. The predicted octanol–water partition coefficient (Wildman–Crippen LogP) is 4.56. The van der Waals surface area contributed by atoms with Crippen molar-refractivity contribution in [3.63, 3.8) is 0 Å². The van der Waals surface area contributed by atoms with Crippen molar-refractivity contribution in [1.29, 1.82) is 0 Å². The summed E-state index contributed by atoms with van der Waals surface area (Å²) in [6.45, 7) is 3.39. The maximum absolute atomic E-state index is 14.2. The number of nitrogens with one attached hydrogen (secondary N) is 1. The van der Waals surface area contributed by atoms with Crippen LogP contribution in [-0.2, 0) is 11.3 Å². The van der Waals surface area contributed by atoms with Crippen molar-refractivity contribution in [2.45, 2.75) is 44.3 Å². The zero-order valence-electron chi connectivity index (χ0n) is 19.5. The second-order valence-electron chi connectivity index (χ2n) is 9.08. The molecule has 2 aromatic rings. The zero-order valence-corrected chi connectivity index (χ0v) is 21.7. The van der Waals surface area contributed by atoms with Crippen LogP contribution in [0.15, 0.2) is 30.3 Å². The van der Waals surface area contributed by atoms with Gasteiger partial charge in [-0.05, 0) is 54.1 Å². The SMILES string of the molecule is O=C(Cl)c1cc(C2CC2)c(OCC2CC[NH+](Cc3c(Cl)cccc3Cl)CC2)cc1F.O=C([O-])C(F)(F)F. The Morgan fingerprint density at radius 2 is 1.62 bits per heavy atom. The molecule has 0 bridgehead atoms. The number of carboxylic acid groups (broad SMARTS) is 1. The van der Waals surface area contributed by atoms with E-state index < -0.39 is 23.2 Å². The van der Waals surface area contributed by atoms with Gasteiger partial charge in [-0.2, -0.15) is 13.2 Å². The van der Waals surface area contributed by atoms with E-state index in [2.05, 4.69) is 0 Å². The van der Waals surface area contributed by atoms with Crippen LogP contribution in [0.1, 0.15) is 53.1 Å². The molecule has 2 fully saturated rings. The van der Waals surface area contributed by atoms with E-state index in [1.807, 2.05) is 18.2 Å². The molecule has 12 heteroatoms. The fourth-order valence-electron chi connectivity index (χ4n) is 4.15. The molecule has 1 heterocycles. The van der Waals surface area contributed by atoms with E-state index in [-0.39, 0.29) is 5.56 Å². The average molecular weight is 585 g/mol. The monoisotopic (exact) mass is 583 g/mol. The zero-order chi connectivity index (χ0) is 27.3. The van der Waals surface area contributed by atoms with E-state index in [1.165, 1.54) is 11.0 Å². The summed E-state index contributed by atoms with van der Waals surface area (Å²) < 4.78 is 51.8. The fraction of sp³-hybridized carbons (Fsp3) is 0.440. The number of rotatable bonds is 7. The number of likely N-dealkylation sites (tertiary alicyclic amines) is 1. The number of benzene rings is 2. The van der Waals surface area contributed by atoms with E-state index in [4.69, 9.17) is 49.4 Å². The quantitative estimate of drug-likeness (QED) is 0.383. The number of quaternary nitrogens is 1. The van der Waals surface area contributed by atoms with Gasteiger partial charge < -0.3 is 19.5 Å². The van der Waals surface area contributed by atoms with Gasteiger partial charge >= 0.3 is 6.18 Å².